The molecule has 0 spiro atoms. The Morgan fingerprint density at radius 3 is 2.81 bits per heavy atom. The zero-order chi connectivity index (χ0) is 15.2. The Kier molecular flexibility index (Phi) is 4.81. The van der Waals surface area contributed by atoms with Gasteiger partial charge in [0.15, 0.2) is 0 Å². The molecule has 1 N–H and O–H groups in total. The summed E-state index contributed by atoms with van der Waals surface area (Å²) in [5.41, 5.74) is 1.86. The fourth-order valence-corrected chi connectivity index (χ4v) is 1.85. The zero-order valence-corrected chi connectivity index (χ0v) is 12.3. The number of rotatable bonds is 5. The third kappa shape index (κ3) is 3.75. The van der Waals surface area contributed by atoms with Crippen molar-refractivity contribution < 1.29 is 9.53 Å². The van der Waals surface area contributed by atoms with Crippen LogP contribution in [0.1, 0.15) is 41.6 Å². The van der Waals surface area contributed by atoms with Gasteiger partial charge in [0.1, 0.15) is 0 Å². The summed E-state index contributed by atoms with van der Waals surface area (Å²) in [6, 6.07) is 5.69. The van der Waals surface area contributed by atoms with Crippen molar-refractivity contribution in [3.8, 4) is 0 Å². The lowest BCUT2D eigenvalue weighted by Crippen LogP contribution is -2.14. The molecule has 1 unspecified atom stereocenters. The second kappa shape index (κ2) is 6.78. The highest BCUT2D eigenvalue weighted by atomic mass is 16.5. The van der Waals surface area contributed by atoms with Crippen molar-refractivity contribution in [3.05, 3.63) is 47.5 Å². The summed E-state index contributed by atoms with van der Waals surface area (Å²) < 4.78 is 4.95. The first-order valence-corrected chi connectivity index (χ1v) is 6.80. The fraction of sp³-hybridized carbons (Fsp3) is 0.333. The number of anilines is 1. The maximum Gasteiger partial charge on any atom is 0.341 e. The predicted octanol–water partition coefficient (Wildman–Crippen LogP) is 2.53. The zero-order valence-electron chi connectivity index (χ0n) is 12.3. The molecule has 21 heavy (non-hydrogen) atoms. The van der Waals surface area contributed by atoms with Gasteiger partial charge in [0.2, 0.25) is 5.95 Å². The summed E-state index contributed by atoms with van der Waals surface area (Å²) >= 11 is 0. The Labute approximate surface area is 123 Å². The molecule has 0 bridgehead atoms. The van der Waals surface area contributed by atoms with E-state index in [9.17, 15) is 4.79 Å². The van der Waals surface area contributed by atoms with Crippen LogP contribution in [0.5, 0.6) is 0 Å². The minimum absolute atomic E-state index is 0.0287. The number of carbonyl (C=O) groups is 1. The number of hydrogen-bond donors (Lipinski definition) is 1. The molecule has 0 amide bonds. The van der Waals surface area contributed by atoms with Crippen LogP contribution in [0.25, 0.3) is 0 Å². The lowest BCUT2D eigenvalue weighted by Gasteiger charge is -2.14. The topological polar surface area (TPSA) is 77.0 Å². The van der Waals surface area contributed by atoms with Crippen LogP contribution < -0.4 is 5.32 Å². The third-order valence-electron chi connectivity index (χ3n) is 2.95. The Morgan fingerprint density at radius 1 is 1.38 bits per heavy atom. The third-order valence-corrected chi connectivity index (χ3v) is 2.95. The van der Waals surface area contributed by atoms with Crippen LogP contribution in [-0.4, -0.2) is 27.5 Å². The van der Waals surface area contributed by atoms with Gasteiger partial charge in [-0.3, -0.25) is 4.98 Å². The van der Waals surface area contributed by atoms with Gasteiger partial charge in [0, 0.05) is 12.4 Å². The maximum absolute atomic E-state index is 11.7. The van der Waals surface area contributed by atoms with Gasteiger partial charge in [-0.25, -0.2) is 14.8 Å². The normalized spacial score (nSPS) is 11.8. The number of nitrogens with zero attached hydrogens (tertiary/aromatic N) is 3. The van der Waals surface area contributed by atoms with Gasteiger partial charge in [0.05, 0.1) is 29.6 Å². The molecule has 2 rings (SSSR count). The molecular formula is C15H18N4O2. The molecule has 1 atom stereocenters. The van der Waals surface area contributed by atoms with E-state index >= 15 is 0 Å². The van der Waals surface area contributed by atoms with Crippen molar-refractivity contribution in [2.75, 3.05) is 11.9 Å². The molecule has 0 fully saturated rings. The van der Waals surface area contributed by atoms with Crippen molar-refractivity contribution in [1.82, 2.24) is 15.0 Å². The molecule has 2 aromatic rings. The molecule has 0 saturated carbocycles. The van der Waals surface area contributed by atoms with Crippen molar-refractivity contribution in [1.29, 1.82) is 0 Å². The summed E-state index contributed by atoms with van der Waals surface area (Å²) in [6.45, 7) is 5.82. The van der Waals surface area contributed by atoms with Crippen molar-refractivity contribution in [3.63, 3.8) is 0 Å². The number of hydrogen-bond acceptors (Lipinski definition) is 6. The van der Waals surface area contributed by atoms with Crippen molar-refractivity contribution in [2.45, 2.75) is 26.8 Å². The van der Waals surface area contributed by atoms with Crippen LogP contribution in [-0.2, 0) is 4.74 Å². The SMILES string of the molecule is CCOC(=O)c1cnc(NC(C)c2ccccn2)nc1C. The van der Waals surface area contributed by atoms with E-state index in [4.69, 9.17) is 4.74 Å². The van der Waals surface area contributed by atoms with E-state index in [1.54, 1.807) is 20.0 Å². The minimum atomic E-state index is -0.403. The molecular weight excluding hydrogens is 268 g/mol. The number of pyridine rings is 1. The van der Waals surface area contributed by atoms with Gasteiger partial charge in [-0.15, -0.1) is 0 Å². The van der Waals surface area contributed by atoms with Gasteiger partial charge < -0.3 is 10.1 Å². The minimum Gasteiger partial charge on any atom is -0.462 e. The number of ether oxygens (including phenoxy) is 1. The summed E-state index contributed by atoms with van der Waals surface area (Å²) in [6.07, 6.45) is 3.22. The highest BCUT2D eigenvalue weighted by Gasteiger charge is 2.14. The molecule has 0 aliphatic rings. The van der Waals surface area contributed by atoms with Gasteiger partial charge in [0.25, 0.3) is 0 Å². The first-order chi connectivity index (χ1) is 10.1. The Bertz CT molecular complexity index is 616. The lowest BCUT2D eigenvalue weighted by atomic mass is 10.2. The fourth-order valence-electron chi connectivity index (χ4n) is 1.85. The van der Waals surface area contributed by atoms with Crippen molar-refractivity contribution in [2.24, 2.45) is 0 Å². The number of nitrogens with one attached hydrogen (secondary N) is 1. The number of aromatic nitrogens is 3. The maximum atomic E-state index is 11.7. The molecule has 2 heterocycles. The summed E-state index contributed by atoms with van der Waals surface area (Å²) in [5.74, 6) is 0.0537. The van der Waals surface area contributed by atoms with E-state index in [0.29, 0.717) is 23.8 Å². The predicted molar refractivity (Wildman–Crippen MR) is 79.0 cm³/mol. The van der Waals surface area contributed by atoms with Gasteiger partial charge in [-0.1, -0.05) is 6.07 Å². The highest BCUT2D eigenvalue weighted by Crippen LogP contribution is 2.15. The average molecular weight is 286 g/mol. The van der Waals surface area contributed by atoms with Gasteiger partial charge >= 0.3 is 5.97 Å². The van der Waals surface area contributed by atoms with E-state index in [2.05, 4.69) is 20.3 Å². The molecule has 0 saturated heterocycles. The molecule has 6 nitrogen and oxygen atoms in total. The number of carbonyl (C=O) groups excluding carboxylic acids is 1. The van der Waals surface area contributed by atoms with E-state index < -0.39 is 5.97 Å². The van der Waals surface area contributed by atoms with Crippen LogP contribution in [0.2, 0.25) is 0 Å². The molecule has 0 aromatic carbocycles. The summed E-state index contributed by atoms with van der Waals surface area (Å²) in [5, 5.41) is 3.16. The Hall–Kier alpha value is -2.50. The molecule has 110 valence electrons. The second-order valence-corrected chi connectivity index (χ2v) is 4.53. The monoisotopic (exact) mass is 286 g/mol. The quantitative estimate of drug-likeness (QED) is 0.851. The Morgan fingerprint density at radius 2 is 2.19 bits per heavy atom. The first kappa shape index (κ1) is 14.9. The lowest BCUT2D eigenvalue weighted by molar-refractivity contribution is 0.0524. The van der Waals surface area contributed by atoms with Gasteiger partial charge in [-0.05, 0) is 32.9 Å². The molecule has 0 aliphatic heterocycles. The second-order valence-electron chi connectivity index (χ2n) is 4.53. The highest BCUT2D eigenvalue weighted by molar-refractivity contribution is 5.90. The van der Waals surface area contributed by atoms with E-state index in [1.807, 2.05) is 25.1 Å². The standard InChI is InChI=1S/C15H18N4O2/c1-4-21-14(20)12-9-17-15(18-10(12)2)19-11(3)13-7-5-6-8-16-13/h5-9,11H,4H2,1-3H3,(H,17,18,19). The van der Waals surface area contributed by atoms with Crippen molar-refractivity contribution >= 4 is 11.9 Å². The van der Waals surface area contributed by atoms with E-state index in [1.165, 1.54) is 6.20 Å². The first-order valence-electron chi connectivity index (χ1n) is 6.80. The van der Waals surface area contributed by atoms with Crippen LogP contribution in [0.4, 0.5) is 5.95 Å². The van der Waals surface area contributed by atoms with Gasteiger partial charge in [-0.2, -0.15) is 0 Å². The smallest absolute Gasteiger partial charge is 0.341 e. The molecule has 6 heteroatoms. The summed E-state index contributed by atoms with van der Waals surface area (Å²) in [7, 11) is 0. The van der Waals surface area contributed by atoms with E-state index in [0.717, 1.165) is 5.69 Å². The van der Waals surface area contributed by atoms with E-state index in [-0.39, 0.29) is 6.04 Å². The number of esters is 1. The molecule has 2 aromatic heterocycles. The van der Waals surface area contributed by atoms with Crippen LogP contribution in [0, 0.1) is 6.92 Å². The average Bonchev–Trinajstić information content (AvgIpc) is 2.48. The van der Waals surface area contributed by atoms with Crippen LogP contribution in [0.3, 0.4) is 0 Å². The molecule has 0 aliphatic carbocycles. The number of aryl methyl sites for hydroxylation is 1. The molecule has 0 radical (unpaired) electrons. The van der Waals surface area contributed by atoms with Crippen LogP contribution >= 0.6 is 0 Å². The Balaban J connectivity index is 2.12. The summed E-state index contributed by atoms with van der Waals surface area (Å²) in [4.78, 5) is 24.4. The van der Waals surface area contributed by atoms with Crippen LogP contribution in [0.15, 0.2) is 30.6 Å². The largest absolute Gasteiger partial charge is 0.462 e.